The van der Waals surface area contributed by atoms with Crippen molar-refractivity contribution in [2.75, 3.05) is 5.75 Å². The maximum atomic E-state index is 12.6. The minimum Gasteiger partial charge on any atom is -0.212 e. The predicted octanol–water partition coefficient (Wildman–Crippen LogP) is 2.05. The molecule has 16 heavy (non-hydrogen) atoms. The van der Waals surface area contributed by atoms with Gasteiger partial charge >= 0.3 is 6.18 Å². The van der Waals surface area contributed by atoms with Gasteiger partial charge in [0.1, 0.15) is 0 Å². The van der Waals surface area contributed by atoms with Gasteiger partial charge in [0, 0.05) is 6.04 Å². The topological polar surface area (TPSA) is 46.2 Å². The zero-order valence-electron chi connectivity index (χ0n) is 9.05. The van der Waals surface area contributed by atoms with E-state index in [0.717, 1.165) is 0 Å². The summed E-state index contributed by atoms with van der Waals surface area (Å²) in [5, 5.41) is 0. The quantitative estimate of drug-likeness (QED) is 0.843. The van der Waals surface area contributed by atoms with E-state index in [2.05, 4.69) is 4.72 Å². The van der Waals surface area contributed by atoms with Crippen molar-refractivity contribution in [2.24, 2.45) is 5.92 Å². The molecular weight excluding hydrogens is 243 g/mol. The minimum atomic E-state index is -4.32. The van der Waals surface area contributed by atoms with Gasteiger partial charge in [0.05, 0.1) is 11.7 Å². The molecule has 1 fully saturated rings. The first kappa shape index (κ1) is 13.8. The van der Waals surface area contributed by atoms with Gasteiger partial charge in [-0.3, -0.25) is 0 Å². The van der Waals surface area contributed by atoms with Gasteiger partial charge in [-0.1, -0.05) is 12.8 Å². The van der Waals surface area contributed by atoms with Crippen molar-refractivity contribution in [1.82, 2.24) is 4.72 Å². The molecule has 1 N–H and O–H groups in total. The summed E-state index contributed by atoms with van der Waals surface area (Å²) in [7, 11) is -3.56. The Bertz CT molecular complexity index is 326. The molecule has 3 nitrogen and oxygen atoms in total. The molecule has 0 spiro atoms. The Labute approximate surface area is 93.5 Å². The molecule has 0 aromatic rings. The first-order chi connectivity index (χ1) is 7.26. The molecule has 0 heterocycles. The van der Waals surface area contributed by atoms with Crippen molar-refractivity contribution in [2.45, 2.75) is 44.8 Å². The summed E-state index contributed by atoms with van der Waals surface area (Å²) >= 11 is 0. The molecule has 7 heteroatoms. The van der Waals surface area contributed by atoms with E-state index in [9.17, 15) is 21.6 Å². The third kappa shape index (κ3) is 3.62. The third-order valence-electron chi connectivity index (χ3n) is 2.90. The van der Waals surface area contributed by atoms with Gasteiger partial charge in [0.15, 0.2) is 0 Å². The third-order valence-corrected chi connectivity index (χ3v) is 4.32. The standard InChI is InChI=1S/C9H16F3NO2S/c1-2-16(14,15)13-8-6-4-3-5-7(8)9(10,11)12/h7-8,13H,2-6H2,1H3. The van der Waals surface area contributed by atoms with E-state index < -0.39 is 28.2 Å². The highest BCUT2D eigenvalue weighted by atomic mass is 32.2. The van der Waals surface area contributed by atoms with Crippen LogP contribution in [0.4, 0.5) is 13.2 Å². The van der Waals surface area contributed by atoms with E-state index >= 15 is 0 Å². The van der Waals surface area contributed by atoms with E-state index in [1.807, 2.05) is 0 Å². The monoisotopic (exact) mass is 259 g/mol. The largest absolute Gasteiger partial charge is 0.393 e. The highest BCUT2D eigenvalue weighted by molar-refractivity contribution is 7.89. The second-order valence-electron chi connectivity index (χ2n) is 4.06. The number of sulfonamides is 1. The van der Waals surface area contributed by atoms with Crippen molar-refractivity contribution in [1.29, 1.82) is 0 Å². The van der Waals surface area contributed by atoms with Crippen LogP contribution in [-0.2, 0) is 10.0 Å². The lowest BCUT2D eigenvalue weighted by Crippen LogP contribution is -2.47. The fourth-order valence-corrected chi connectivity index (χ4v) is 2.89. The molecule has 0 saturated heterocycles. The molecule has 0 amide bonds. The molecule has 0 bridgehead atoms. The number of nitrogens with one attached hydrogen (secondary N) is 1. The van der Waals surface area contributed by atoms with Crippen LogP contribution in [0, 0.1) is 5.92 Å². The number of halogens is 3. The molecule has 1 aliphatic carbocycles. The van der Waals surface area contributed by atoms with Crippen molar-refractivity contribution < 1.29 is 21.6 Å². The van der Waals surface area contributed by atoms with Crippen LogP contribution >= 0.6 is 0 Å². The Morgan fingerprint density at radius 2 is 1.81 bits per heavy atom. The molecule has 0 aliphatic heterocycles. The molecule has 1 saturated carbocycles. The van der Waals surface area contributed by atoms with Crippen molar-refractivity contribution >= 4 is 10.0 Å². The molecule has 2 atom stereocenters. The number of hydrogen-bond acceptors (Lipinski definition) is 2. The summed E-state index contributed by atoms with van der Waals surface area (Å²) in [6.07, 6.45) is -2.89. The van der Waals surface area contributed by atoms with Crippen molar-refractivity contribution in [3.05, 3.63) is 0 Å². The summed E-state index contributed by atoms with van der Waals surface area (Å²) in [5.74, 6) is -1.73. The van der Waals surface area contributed by atoms with Crippen molar-refractivity contribution in [3.63, 3.8) is 0 Å². The summed E-state index contributed by atoms with van der Waals surface area (Å²) in [5.41, 5.74) is 0. The summed E-state index contributed by atoms with van der Waals surface area (Å²) in [4.78, 5) is 0. The Hall–Kier alpha value is -0.300. The molecule has 2 unspecified atom stereocenters. The fraction of sp³-hybridized carbons (Fsp3) is 1.00. The maximum Gasteiger partial charge on any atom is 0.393 e. The average Bonchev–Trinajstić information content (AvgIpc) is 2.16. The second kappa shape index (κ2) is 4.91. The van der Waals surface area contributed by atoms with Crippen LogP contribution in [0.25, 0.3) is 0 Å². The van der Waals surface area contributed by atoms with Gasteiger partial charge in [0.25, 0.3) is 0 Å². The van der Waals surface area contributed by atoms with Crippen LogP contribution in [0.2, 0.25) is 0 Å². The number of hydrogen-bond donors (Lipinski definition) is 1. The molecule has 1 rings (SSSR count). The van der Waals surface area contributed by atoms with Crippen LogP contribution in [0.5, 0.6) is 0 Å². The smallest absolute Gasteiger partial charge is 0.212 e. The first-order valence-electron chi connectivity index (χ1n) is 5.33. The normalized spacial score (nSPS) is 28.0. The number of rotatable bonds is 3. The van der Waals surface area contributed by atoms with E-state index in [4.69, 9.17) is 0 Å². The minimum absolute atomic E-state index is 0.0143. The Kier molecular flexibility index (Phi) is 4.23. The zero-order chi connectivity index (χ0) is 12.4. The Morgan fingerprint density at radius 3 is 2.31 bits per heavy atom. The summed E-state index contributed by atoms with van der Waals surface area (Å²) < 4.78 is 62.6. The van der Waals surface area contributed by atoms with Crippen LogP contribution < -0.4 is 4.72 Å². The molecule has 0 aromatic heterocycles. The second-order valence-corrected chi connectivity index (χ2v) is 6.10. The molecular formula is C9H16F3NO2S. The molecule has 1 aliphatic rings. The maximum absolute atomic E-state index is 12.6. The highest BCUT2D eigenvalue weighted by Crippen LogP contribution is 2.37. The van der Waals surface area contributed by atoms with Crippen LogP contribution in [-0.4, -0.2) is 26.4 Å². The lowest BCUT2D eigenvalue weighted by Gasteiger charge is -2.33. The van der Waals surface area contributed by atoms with Gasteiger partial charge < -0.3 is 0 Å². The Morgan fingerprint density at radius 1 is 1.25 bits per heavy atom. The number of alkyl halides is 3. The van der Waals surface area contributed by atoms with Gasteiger partial charge in [-0.15, -0.1) is 0 Å². The van der Waals surface area contributed by atoms with Crippen LogP contribution in [0.15, 0.2) is 0 Å². The van der Waals surface area contributed by atoms with Crippen LogP contribution in [0.1, 0.15) is 32.6 Å². The average molecular weight is 259 g/mol. The van der Waals surface area contributed by atoms with Crippen LogP contribution in [0.3, 0.4) is 0 Å². The summed E-state index contributed by atoms with van der Waals surface area (Å²) in [6.45, 7) is 1.41. The SMILES string of the molecule is CCS(=O)(=O)NC1CCCCC1C(F)(F)F. The van der Waals surface area contributed by atoms with Gasteiger partial charge in [-0.25, -0.2) is 13.1 Å². The van der Waals surface area contributed by atoms with E-state index in [-0.39, 0.29) is 18.6 Å². The first-order valence-corrected chi connectivity index (χ1v) is 6.98. The van der Waals surface area contributed by atoms with E-state index in [1.54, 1.807) is 0 Å². The lowest BCUT2D eigenvalue weighted by molar-refractivity contribution is -0.187. The van der Waals surface area contributed by atoms with Gasteiger partial charge in [-0.05, 0) is 19.8 Å². The van der Waals surface area contributed by atoms with E-state index in [1.165, 1.54) is 6.92 Å². The van der Waals surface area contributed by atoms with Gasteiger partial charge in [-0.2, -0.15) is 13.2 Å². The van der Waals surface area contributed by atoms with E-state index in [0.29, 0.717) is 12.8 Å². The highest BCUT2D eigenvalue weighted by Gasteiger charge is 2.46. The zero-order valence-corrected chi connectivity index (χ0v) is 9.87. The molecule has 0 radical (unpaired) electrons. The summed E-state index contributed by atoms with van der Waals surface area (Å²) in [6, 6.07) is -0.987. The lowest BCUT2D eigenvalue weighted by atomic mass is 9.85. The molecule has 96 valence electrons. The predicted molar refractivity (Wildman–Crippen MR) is 54.4 cm³/mol. The van der Waals surface area contributed by atoms with Crippen molar-refractivity contribution in [3.8, 4) is 0 Å². The Balaban J connectivity index is 2.76. The van der Waals surface area contributed by atoms with Gasteiger partial charge in [0.2, 0.25) is 10.0 Å². The molecule has 0 aromatic carbocycles. The fourth-order valence-electron chi connectivity index (χ4n) is 1.98.